The first-order valence-electron chi connectivity index (χ1n) is 4.19. The zero-order valence-corrected chi connectivity index (χ0v) is 9.19. The molecule has 1 N–H and O–H groups in total. The van der Waals surface area contributed by atoms with Gasteiger partial charge in [-0.1, -0.05) is 6.92 Å². The summed E-state index contributed by atoms with van der Waals surface area (Å²) in [5.41, 5.74) is 0. The van der Waals surface area contributed by atoms with Crippen molar-refractivity contribution >= 4 is 23.5 Å². The molecule has 0 aromatic heterocycles. The highest BCUT2D eigenvalue weighted by molar-refractivity contribution is 7.99. The SMILES string of the molecule is CCSCCNCCCSC. The minimum atomic E-state index is 1.17. The van der Waals surface area contributed by atoms with Crippen molar-refractivity contribution in [2.75, 3.05) is 36.6 Å². The molecular weight excluding hydrogens is 174 g/mol. The third-order valence-corrected chi connectivity index (χ3v) is 2.93. The van der Waals surface area contributed by atoms with Gasteiger partial charge in [0.05, 0.1) is 0 Å². The van der Waals surface area contributed by atoms with Gasteiger partial charge in [0.2, 0.25) is 0 Å². The van der Waals surface area contributed by atoms with E-state index in [4.69, 9.17) is 0 Å². The summed E-state index contributed by atoms with van der Waals surface area (Å²) in [6.45, 7) is 4.57. The van der Waals surface area contributed by atoms with Crippen LogP contribution in [-0.2, 0) is 0 Å². The highest BCUT2D eigenvalue weighted by Crippen LogP contribution is 1.96. The van der Waals surface area contributed by atoms with Crippen LogP contribution in [0.1, 0.15) is 13.3 Å². The summed E-state index contributed by atoms with van der Waals surface area (Å²) in [6, 6.07) is 0. The second-order valence-corrected chi connectivity index (χ2v) is 4.67. The number of rotatable bonds is 8. The Kier molecular flexibility index (Phi) is 11.3. The normalized spacial score (nSPS) is 10.4. The maximum Gasteiger partial charge on any atom is 0.00579 e. The predicted octanol–water partition coefficient (Wildman–Crippen LogP) is 2.08. The first kappa shape index (κ1) is 11.7. The van der Waals surface area contributed by atoms with Gasteiger partial charge in [-0.2, -0.15) is 23.5 Å². The van der Waals surface area contributed by atoms with Crippen molar-refractivity contribution in [1.82, 2.24) is 5.32 Å². The smallest absolute Gasteiger partial charge is 0.00579 e. The van der Waals surface area contributed by atoms with Crippen LogP contribution in [0.25, 0.3) is 0 Å². The van der Waals surface area contributed by atoms with Gasteiger partial charge in [-0.15, -0.1) is 0 Å². The van der Waals surface area contributed by atoms with Crippen LogP contribution in [-0.4, -0.2) is 36.6 Å². The second kappa shape index (κ2) is 10.7. The molecule has 3 heteroatoms. The second-order valence-electron chi connectivity index (χ2n) is 2.29. The van der Waals surface area contributed by atoms with E-state index in [2.05, 4.69) is 18.5 Å². The molecule has 11 heavy (non-hydrogen) atoms. The summed E-state index contributed by atoms with van der Waals surface area (Å²) in [5, 5.41) is 3.42. The van der Waals surface area contributed by atoms with Gasteiger partial charge in [-0.05, 0) is 30.7 Å². The van der Waals surface area contributed by atoms with Gasteiger partial charge in [-0.3, -0.25) is 0 Å². The lowest BCUT2D eigenvalue weighted by Gasteiger charge is -2.02. The van der Waals surface area contributed by atoms with Gasteiger partial charge < -0.3 is 5.32 Å². The Morgan fingerprint density at radius 1 is 1.18 bits per heavy atom. The van der Waals surface area contributed by atoms with Crippen molar-refractivity contribution in [1.29, 1.82) is 0 Å². The quantitative estimate of drug-likeness (QED) is 0.593. The van der Waals surface area contributed by atoms with Crippen molar-refractivity contribution in [3.63, 3.8) is 0 Å². The summed E-state index contributed by atoms with van der Waals surface area (Å²) < 4.78 is 0. The summed E-state index contributed by atoms with van der Waals surface area (Å²) in [6.07, 6.45) is 3.46. The Hall–Kier alpha value is 0.660. The van der Waals surface area contributed by atoms with E-state index in [0.717, 1.165) is 0 Å². The van der Waals surface area contributed by atoms with Crippen molar-refractivity contribution in [2.45, 2.75) is 13.3 Å². The molecule has 68 valence electrons. The number of hydrogen-bond donors (Lipinski definition) is 1. The van der Waals surface area contributed by atoms with Crippen LogP contribution in [0.3, 0.4) is 0 Å². The zero-order chi connectivity index (χ0) is 8.36. The lowest BCUT2D eigenvalue weighted by atomic mass is 10.5. The first-order valence-corrected chi connectivity index (χ1v) is 6.74. The van der Waals surface area contributed by atoms with Gasteiger partial charge in [0, 0.05) is 12.3 Å². The van der Waals surface area contributed by atoms with Crippen LogP contribution >= 0.6 is 23.5 Å². The van der Waals surface area contributed by atoms with E-state index in [1.807, 2.05) is 23.5 Å². The highest BCUT2D eigenvalue weighted by Gasteiger charge is 1.87. The van der Waals surface area contributed by atoms with Gasteiger partial charge in [0.15, 0.2) is 0 Å². The average Bonchev–Trinajstić information content (AvgIpc) is 2.03. The first-order chi connectivity index (χ1) is 5.41. The van der Waals surface area contributed by atoms with E-state index in [1.165, 1.54) is 36.8 Å². The van der Waals surface area contributed by atoms with Crippen LogP contribution in [0.15, 0.2) is 0 Å². The zero-order valence-electron chi connectivity index (χ0n) is 7.56. The molecule has 1 nitrogen and oxygen atoms in total. The Morgan fingerprint density at radius 2 is 2.00 bits per heavy atom. The largest absolute Gasteiger partial charge is 0.316 e. The molecule has 0 spiro atoms. The maximum atomic E-state index is 3.42. The van der Waals surface area contributed by atoms with Crippen LogP contribution in [0.4, 0.5) is 0 Å². The van der Waals surface area contributed by atoms with E-state index in [-0.39, 0.29) is 0 Å². The van der Waals surface area contributed by atoms with Crippen LogP contribution in [0.5, 0.6) is 0 Å². The molecule has 0 aliphatic rings. The molecule has 0 saturated carbocycles. The van der Waals surface area contributed by atoms with E-state index in [1.54, 1.807) is 0 Å². The van der Waals surface area contributed by atoms with E-state index >= 15 is 0 Å². The van der Waals surface area contributed by atoms with Gasteiger partial charge in [0.25, 0.3) is 0 Å². The van der Waals surface area contributed by atoms with Crippen molar-refractivity contribution in [3.8, 4) is 0 Å². The molecule has 0 rings (SSSR count). The van der Waals surface area contributed by atoms with Crippen molar-refractivity contribution in [3.05, 3.63) is 0 Å². The fraction of sp³-hybridized carbons (Fsp3) is 1.00. The molecule has 0 bridgehead atoms. The molecule has 0 unspecified atom stereocenters. The molecular formula is C8H19NS2. The van der Waals surface area contributed by atoms with E-state index < -0.39 is 0 Å². The summed E-state index contributed by atoms with van der Waals surface area (Å²) >= 11 is 3.93. The summed E-state index contributed by atoms with van der Waals surface area (Å²) in [4.78, 5) is 0. The maximum absolute atomic E-state index is 3.42. The molecule has 0 atom stereocenters. The lowest BCUT2D eigenvalue weighted by Crippen LogP contribution is -2.18. The Morgan fingerprint density at radius 3 is 2.64 bits per heavy atom. The van der Waals surface area contributed by atoms with Gasteiger partial charge in [-0.25, -0.2) is 0 Å². The molecule has 0 amide bonds. The lowest BCUT2D eigenvalue weighted by molar-refractivity contribution is 0.712. The van der Waals surface area contributed by atoms with Crippen molar-refractivity contribution in [2.24, 2.45) is 0 Å². The monoisotopic (exact) mass is 193 g/mol. The molecule has 0 aliphatic heterocycles. The minimum absolute atomic E-state index is 1.17. The summed E-state index contributed by atoms with van der Waals surface area (Å²) in [7, 11) is 0. The number of nitrogens with one attached hydrogen (secondary N) is 1. The molecule has 0 heterocycles. The van der Waals surface area contributed by atoms with Crippen LogP contribution < -0.4 is 5.32 Å². The van der Waals surface area contributed by atoms with Crippen LogP contribution in [0, 0.1) is 0 Å². The third-order valence-electron chi connectivity index (χ3n) is 1.33. The average molecular weight is 193 g/mol. The highest BCUT2D eigenvalue weighted by atomic mass is 32.2. The number of thioether (sulfide) groups is 2. The summed E-state index contributed by atoms with van der Waals surface area (Å²) in [5.74, 6) is 3.79. The Labute approximate surface area is 79.1 Å². The Bertz CT molecular complexity index is 61.1. The minimum Gasteiger partial charge on any atom is -0.316 e. The molecule has 0 aliphatic carbocycles. The molecule has 0 fully saturated rings. The molecule has 0 saturated heterocycles. The van der Waals surface area contributed by atoms with Crippen molar-refractivity contribution < 1.29 is 0 Å². The molecule has 0 radical (unpaired) electrons. The Balaban J connectivity index is 2.69. The van der Waals surface area contributed by atoms with Crippen LogP contribution in [0.2, 0.25) is 0 Å². The predicted molar refractivity (Wildman–Crippen MR) is 58.9 cm³/mol. The van der Waals surface area contributed by atoms with E-state index in [9.17, 15) is 0 Å². The molecule has 0 aromatic carbocycles. The third kappa shape index (κ3) is 10.7. The standard InChI is InChI=1S/C8H19NS2/c1-3-11-8-6-9-5-4-7-10-2/h9H,3-8H2,1-2H3. The fourth-order valence-electron chi connectivity index (χ4n) is 0.755. The molecule has 0 aromatic rings. The van der Waals surface area contributed by atoms with E-state index in [0.29, 0.717) is 0 Å². The number of hydrogen-bond acceptors (Lipinski definition) is 3. The topological polar surface area (TPSA) is 12.0 Å². The van der Waals surface area contributed by atoms with Gasteiger partial charge in [0.1, 0.15) is 0 Å². The fourth-order valence-corrected chi connectivity index (χ4v) is 1.77. The van der Waals surface area contributed by atoms with Gasteiger partial charge >= 0.3 is 0 Å².